The number of carbonyl (C=O) groups excluding carboxylic acids is 1. The monoisotopic (exact) mass is 325 g/mol. The minimum atomic E-state index is -0.226. The van der Waals surface area contributed by atoms with E-state index in [1.54, 1.807) is 0 Å². The molecule has 0 aliphatic carbocycles. The van der Waals surface area contributed by atoms with Crippen molar-refractivity contribution in [2.75, 3.05) is 0 Å². The summed E-state index contributed by atoms with van der Waals surface area (Å²) in [5, 5.41) is 11.0. The third-order valence-electron chi connectivity index (χ3n) is 4.41. The molecule has 0 spiro atoms. The van der Waals surface area contributed by atoms with Gasteiger partial charge in [-0.05, 0) is 51.3 Å². The summed E-state index contributed by atoms with van der Waals surface area (Å²) in [6.45, 7) is 9.90. The maximum Gasteiger partial charge on any atom is 0.225 e. The molecule has 6 heteroatoms. The van der Waals surface area contributed by atoms with Crippen LogP contribution in [0.25, 0.3) is 10.9 Å². The number of nitrogens with one attached hydrogen (secondary N) is 3. The van der Waals surface area contributed by atoms with E-state index in [0.29, 0.717) is 12.2 Å². The van der Waals surface area contributed by atoms with Crippen LogP contribution in [0.15, 0.2) is 12.1 Å². The van der Waals surface area contributed by atoms with Gasteiger partial charge in [0.2, 0.25) is 5.91 Å². The first-order valence-electron chi connectivity index (χ1n) is 8.12. The molecule has 0 fully saturated rings. The highest BCUT2D eigenvalue weighted by molar-refractivity contribution is 5.93. The summed E-state index contributed by atoms with van der Waals surface area (Å²) in [6.07, 6.45) is 0.337. The summed E-state index contributed by atoms with van der Waals surface area (Å²) in [5.74, 6) is 1.31. The van der Waals surface area contributed by atoms with Crippen LogP contribution in [0, 0.1) is 27.7 Å². The molecule has 0 aliphatic heterocycles. The number of carbonyl (C=O) groups is 1. The number of H-pyrrole nitrogens is 2. The molecule has 0 unspecified atom stereocenters. The van der Waals surface area contributed by atoms with Crippen LogP contribution in [-0.2, 0) is 11.2 Å². The third kappa shape index (κ3) is 2.91. The van der Waals surface area contributed by atoms with Gasteiger partial charge < -0.3 is 10.3 Å². The van der Waals surface area contributed by atoms with E-state index in [4.69, 9.17) is 0 Å². The van der Waals surface area contributed by atoms with Crippen molar-refractivity contribution in [2.24, 2.45) is 0 Å². The van der Waals surface area contributed by atoms with Gasteiger partial charge >= 0.3 is 0 Å². The van der Waals surface area contributed by atoms with Crippen molar-refractivity contribution in [3.63, 3.8) is 0 Å². The highest BCUT2D eigenvalue weighted by Crippen LogP contribution is 2.28. The van der Waals surface area contributed by atoms with Crippen molar-refractivity contribution >= 4 is 16.8 Å². The Labute approximate surface area is 141 Å². The molecule has 3 N–H and O–H groups in total. The SMILES string of the molecule is Cc1nc([C@@H](C)NC(=O)Cc2c(C)[nH]c3c(C)ccc(C)c23)n[nH]1. The molecule has 2 heterocycles. The molecular weight excluding hydrogens is 302 g/mol. The number of nitrogens with zero attached hydrogens (tertiary/aromatic N) is 2. The van der Waals surface area contributed by atoms with E-state index in [9.17, 15) is 4.79 Å². The molecule has 0 aliphatic rings. The van der Waals surface area contributed by atoms with Gasteiger partial charge in [0.15, 0.2) is 5.82 Å². The van der Waals surface area contributed by atoms with Crippen molar-refractivity contribution in [1.82, 2.24) is 25.5 Å². The first-order chi connectivity index (χ1) is 11.4. The Hall–Kier alpha value is -2.63. The Balaban J connectivity index is 1.83. The van der Waals surface area contributed by atoms with Crippen LogP contribution >= 0.6 is 0 Å². The van der Waals surface area contributed by atoms with E-state index < -0.39 is 0 Å². The van der Waals surface area contributed by atoms with Gasteiger partial charge in [-0.25, -0.2) is 4.98 Å². The first kappa shape index (κ1) is 16.2. The molecular formula is C18H23N5O. The lowest BCUT2D eigenvalue weighted by atomic mass is 10.0. The van der Waals surface area contributed by atoms with Gasteiger partial charge in [-0.3, -0.25) is 9.89 Å². The second-order valence-electron chi connectivity index (χ2n) is 6.42. The summed E-state index contributed by atoms with van der Waals surface area (Å²) in [5.41, 5.74) is 5.59. The normalized spacial score (nSPS) is 12.5. The number of fused-ring (bicyclic) bond motifs is 1. The number of rotatable bonds is 4. The zero-order valence-electron chi connectivity index (χ0n) is 14.7. The Bertz CT molecular complexity index is 906. The number of amides is 1. The van der Waals surface area contributed by atoms with Crippen LogP contribution in [0.1, 0.15) is 47.0 Å². The van der Waals surface area contributed by atoms with Crippen LogP contribution in [0.3, 0.4) is 0 Å². The minimum absolute atomic E-state index is 0.0325. The van der Waals surface area contributed by atoms with Gasteiger partial charge in [0.25, 0.3) is 0 Å². The first-order valence-corrected chi connectivity index (χ1v) is 8.12. The van der Waals surface area contributed by atoms with Crippen LogP contribution in [0.4, 0.5) is 0 Å². The molecule has 0 radical (unpaired) electrons. The zero-order valence-corrected chi connectivity index (χ0v) is 14.7. The van der Waals surface area contributed by atoms with Crippen molar-refractivity contribution in [3.8, 4) is 0 Å². The van der Waals surface area contributed by atoms with E-state index in [0.717, 1.165) is 28.0 Å². The van der Waals surface area contributed by atoms with Gasteiger partial charge in [0.1, 0.15) is 5.82 Å². The lowest BCUT2D eigenvalue weighted by Crippen LogP contribution is -2.29. The number of hydrogen-bond acceptors (Lipinski definition) is 3. The van der Waals surface area contributed by atoms with Gasteiger partial charge in [0, 0.05) is 16.6 Å². The summed E-state index contributed by atoms with van der Waals surface area (Å²) < 4.78 is 0. The van der Waals surface area contributed by atoms with Crippen LogP contribution in [0.2, 0.25) is 0 Å². The summed E-state index contributed by atoms with van der Waals surface area (Å²) in [4.78, 5) is 20.2. The highest BCUT2D eigenvalue weighted by atomic mass is 16.1. The summed E-state index contributed by atoms with van der Waals surface area (Å²) in [6, 6.07) is 3.98. The Morgan fingerprint density at radius 1 is 1.21 bits per heavy atom. The second kappa shape index (κ2) is 6.11. The fraction of sp³-hybridized carbons (Fsp3) is 0.389. The number of aryl methyl sites for hydroxylation is 4. The van der Waals surface area contributed by atoms with Crippen molar-refractivity contribution < 1.29 is 4.79 Å². The maximum absolute atomic E-state index is 12.5. The van der Waals surface area contributed by atoms with Crippen molar-refractivity contribution in [1.29, 1.82) is 0 Å². The number of hydrogen-bond donors (Lipinski definition) is 3. The third-order valence-corrected chi connectivity index (χ3v) is 4.41. The predicted molar refractivity (Wildman–Crippen MR) is 93.9 cm³/mol. The standard InChI is InChI=1S/C18H23N5O/c1-9-6-7-10(2)17-16(9)14(11(3)20-17)8-15(24)19-12(4)18-21-13(5)22-23-18/h6-7,12,20H,8H2,1-5H3,(H,19,24)(H,21,22,23)/t12-/m1/s1. The van der Waals surface area contributed by atoms with Crippen LogP contribution in [-0.4, -0.2) is 26.1 Å². The van der Waals surface area contributed by atoms with Gasteiger partial charge in [-0.2, -0.15) is 5.10 Å². The molecule has 2 aromatic heterocycles. The minimum Gasteiger partial charge on any atom is -0.358 e. The number of aromatic nitrogens is 4. The quantitative estimate of drug-likeness (QED) is 0.689. The van der Waals surface area contributed by atoms with E-state index in [1.807, 2.05) is 20.8 Å². The largest absolute Gasteiger partial charge is 0.358 e. The van der Waals surface area contributed by atoms with E-state index in [1.165, 1.54) is 11.1 Å². The molecule has 0 saturated carbocycles. The average Bonchev–Trinajstić information content (AvgIpc) is 3.08. The highest BCUT2D eigenvalue weighted by Gasteiger charge is 2.18. The fourth-order valence-electron chi connectivity index (χ4n) is 3.10. The molecule has 126 valence electrons. The lowest BCUT2D eigenvalue weighted by molar-refractivity contribution is -0.121. The fourth-order valence-corrected chi connectivity index (χ4v) is 3.10. The second-order valence-corrected chi connectivity index (χ2v) is 6.42. The molecule has 24 heavy (non-hydrogen) atoms. The van der Waals surface area contributed by atoms with E-state index in [2.05, 4.69) is 51.5 Å². The number of benzene rings is 1. The zero-order chi connectivity index (χ0) is 17.4. The molecule has 3 aromatic rings. The Morgan fingerprint density at radius 3 is 2.58 bits per heavy atom. The molecule has 1 atom stereocenters. The smallest absolute Gasteiger partial charge is 0.225 e. The molecule has 0 saturated heterocycles. The number of aromatic amines is 2. The van der Waals surface area contributed by atoms with Gasteiger partial charge in [0.05, 0.1) is 12.5 Å². The van der Waals surface area contributed by atoms with E-state index >= 15 is 0 Å². The average molecular weight is 325 g/mol. The van der Waals surface area contributed by atoms with Gasteiger partial charge in [-0.15, -0.1) is 0 Å². The van der Waals surface area contributed by atoms with Gasteiger partial charge in [-0.1, -0.05) is 12.1 Å². The molecule has 6 nitrogen and oxygen atoms in total. The van der Waals surface area contributed by atoms with Crippen molar-refractivity contribution in [2.45, 2.75) is 47.1 Å². The predicted octanol–water partition coefficient (Wildman–Crippen LogP) is 2.94. The molecule has 1 aromatic carbocycles. The molecule has 1 amide bonds. The molecule has 0 bridgehead atoms. The summed E-state index contributed by atoms with van der Waals surface area (Å²) >= 11 is 0. The Kier molecular flexibility index (Phi) is 4.13. The molecule has 3 rings (SSSR count). The van der Waals surface area contributed by atoms with Crippen LogP contribution < -0.4 is 5.32 Å². The maximum atomic E-state index is 12.5. The topological polar surface area (TPSA) is 86.5 Å². The van der Waals surface area contributed by atoms with Crippen LogP contribution in [0.5, 0.6) is 0 Å². The van der Waals surface area contributed by atoms with E-state index in [-0.39, 0.29) is 11.9 Å². The summed E-state index contributed by atoms with van der Waals surface area (Å²) in [7, 11) is 0. The lowest BCUT2D eigenvalue weighted by Gasteiger charge is -2.11. The van der Waals surface area contributed by atoms with Crippen molar-refractivity contribution in [3.05, 3.63) is 46.2 Å². The Morgan fingerprint density at radius 2 is 1.92 bits per heavy atom.